The zero-order valence-corrected chi connectivity index (χ0v) is 16.6. The van der Waals surface area contributed by atoms with E-state index >= 15 is 0 Å². The molecule has 0 aliphatic carbocycles. The van der Waals surface area contributed by atoms with Gasteiger partial charge in [-0.05, 0) is 54.7 Å². The van der Waals surface area contributed by atoms with Gasteiger partial charge in [0, 0.05) is 25.7 Å². The van der Waals surface area contributed by atoms with Gasteiger partial charge in [0.2, 0.25) is 12.7 Å². The molecule has 2 heterocycles. The molecule has 1 saturated heterocycles. The second-order valence-corrected chi connectivity index (χ2v) is 7.30. The van der Waals surface area contributed by atoms with Crippen molar-refractivity contribution >= 4 is 18.1 Å². The third-order valence-electron chi connectivity index (χ3n) is 5.21. The summed E-state index contributed by atoms with van der Waals surface area (Å²) in [5, 5.41) is 2.94. The van der Waals surface area contributed by atoms with Gasteiger partial charge in [-0.1, -0.05) is 24.3 Å². The van der Waals surface area contributed by atoms with Crippen LogP contribution >= 0.6 is 0 Å². The Morgan fingerprint density at radius 1 is 1.07 bits per heavy atom. The molecule has 2 aliphatic rings. The minimum absolute atomic E-state index is 0.140. The summed E-state index contributed by atoms with van der Waals surface area (Å²) in [6.07, 6.45) is 4.60. The monoisotopic (exact) mass is 408 g/mol. The Kier molecular flexibility index (Phi) is 6.17. The maximum absolute atomic E-state index is 12.2. The Balaban J connectivity index is 1.18. The molecular formula is C23H24N2O5. The first-order valence-electron chi connectivity index (χ1n) is 10.0. The quantitative estimate of drug-likeness (QED) is 0.767. The minimum atomic E-state index is -0.324. The largest absolute Gasteiger partial charge is 0.454 e. The molecule has 2 aromatic rings. The number of rotatable bonds is 5. The van der Waals surface area contributed by atoms with Crippen LogP contribution in [0.4, 0.5) is 4.79 Å². The average molecular weight is 408 g/mol. The van der Waals surface area contributed by atoms with Gasteiger partial charge in [0.1, 0.15) is 5.75 Å². The summed E-state index contributed by atoms with van der Waals surface area (Å²) in [5.74, 6) is 2.16. The van der Waals surface area contributed by atoms with Crippen LogP contribution in [0.1, 0.15) is 18.4 Å². The highest BCUT2D eigenvalue weighted by atomic mass is 16.7. The first-order chi connectivity index (χ1) is 14.7. The first kappa shape index (κ1) is 19.8. The van der Waals surface area contributed by atoms with E-state index in [1.807, 2.05) is 36.4 Å². The van der Waals surface area contributed by atoms with E-state index in [0.717, 1.165) is 24.2 Å². The van der Waals surface area contributed by atoms with Crippen LogP contribution in [-0.4, -0.2) is 43.3 Å². The highest BCUT2D eigenvalue weighted by molar-refractivity contribution is 5.91. The Hall–Kier alpha value is -3.48. The number of hydrogen-bond acceptors (Lipinski definition) is 5. The zero-order chi connectivity index (χ0) is 20.8. The Labute approximate surface area is 175 Å². The Morgan fingerprint density at radius 3 is 2.63 bits per heavy atom. The van der Waals surface area contributed by atoms with Crippen LogP contribution in [0.15, 0.2) is 54.6 Å². The standard InChI is InChI=1S/C23H24N2O5/c26-22(9-7-17-6-8-20-21(14-17)29-16-28-20)24-15-18-10-12-25(13-11-18)23(27)30-19-4-2-1-3-5-19/h1-9,14,18H,10-13,15-16H2,(H,24,26). The molecule has 2 aliphatic heterocycles. The van der Waals surface area contributed by atoms with E-state index in [1.165, 1.54) is 6.08 Å². The lowest BCUT2D eigenvalue weighted by Crippen LogP contribution is -2.42. The van der Waals surface area contributed by atoms with Crippen LogP contribution in [0.3, 0.4) is 0 Å². The van der Waals surface area contributed by atoms with Crippen LogP contribution in [0.25, 0.3) is 6.08 Å². The van der Waals surface area contributed by atoms with Gasteiger partial charge in [-0.3, -0.25) is 4.79 Å². The number of fused-ring (bicyclic) bond motifs is 1. The molecule has 30 heavy (non-hydrogen) atoms. The van der Waals surface area contributed by atoms with Gasteiger partial charge in [0.15, 0.2) is 11.5 Å². The molecule has 156 valence electrons. The number of carbonyl (C=O) groups is 2. The molecule has 2 aromatic carbocycles. The molecular weight excluding hydrogens is 384 g/mol. The average Bonchev–Trinajstić information content (AvgIpc) is 3.25. The number of piperidine rings is 1. The van der Waals surface area contributed by atoms with Gasteiger partial charge in [-0.15, -0.1) is 0 Å². The number of ether oxygens (including phenoxy) is 3. The van der Waals surface area contributed by atoms with Crippen molar-refractivity contribution in [2.45, 2.75) is 12.8 Å². The number of carbonyl (C=O) groups excluding carboxylic acids is 2. The van der Waals surface area contributed by atoms with Crippen LogP contribution in [0.2, 0.25) is 0 Å². The number of para-hydroxylation sites is 1. The van der Waals surface area contributed by atoms with Crippen LogP contribution in [0.5, 0.6) is 17.2 Å². The fourth-order valence-electron chi connectivity index (χ4n) is 3.47. The fourth-order valence-corrected chi connectivity index (χ4v) is 3.47. The van der Waals surface area contributed by atoms with Crippen molar-refractivity contribution < 1.29 is 23.8 Å². The molecule has 4 rings (SSSR count). The third kappa shape index (κ3) is 5.11. The number of nitrogens with zero attached hydrogens (tertiary/aromatic N) is 1. The smallest absolute Gasteiger partial charge is 0.415 e. The second kappa shape index (κ2) is 9.35. The topological polar surface area (TPSA) is 77.1 Å². The van der Waals surface area contributed by atoms with E-state index in [1.54, 1.807) is 23.1 Å². The third-order valence-corrected chi connectivity index (χ3v) is 5.21. The maximum atomic E-state index is 12.2. The summed E-state index contributed by atoms with van der Waals surface area (Å²) >= 11 is 0. The van der Waals surface area contributed by atoms with Gasteiger partial charge < -0.3 is 24.4 Å². The van der Waals surface area contributed by atoms with E-state index in [4.69, 9.17) is 14.2 Å². The van der Waals surface area contributed by atoms with Crippen molar-refractivity contribution in [2.75, 3.05) is 26.4 Å². The predicted octanol–water partition coefficient (Wildman–Crippen LogP) is 3.46. The number of nitrogens with one attached hydrogen (secondary N) is 1. The van der Waals surface area contributed by atoms with Crippen molar-refractivity contribution in [3.8, 4) is 17.2 Å². The maximum Gasteiger partial charge on any atom is 0.415 e. The molecule has 0 unspecified atom stereocenters. The summed E-state index contributed by atoms with van der Waals surface area (Å²) in [5.41, 5.74) is 0.875. The summed E-state index contributed by atoms with van der Waals surface area (Å²) in [6.45, 7) is 2.07. The molecule has 7 heteroatoms. The molecule has 0 radical (unpaired) electrons. The summed E-state index contributed by atoms with van der Waals surface area (Å²) in [4.78, 5) is 26.1. The highest BCUT2D eigenvalue weighted by Crippen LogP contribution is 2.32. The number of likely N-dealkylation sites (tertiary alicyclic amines) is 1. The number of amides is 2. The van der Waals surface area contributed by atoms with Gasteiger partial charge in [0.25, 0.3) is 0 Å². The van der Waals surface area contributed by atoms with Gasteiger partial charge in [-0.2, -0.15) is 0 Å². The first-order valence-corrected chi connectivity index (χ1v) is 10.0. The van der Waals surface area contributed by atoms with Crippen LogP contribution in [0, 0.1) is 5.92 Å². The van der Waals surface area contributed by atoms with E-state index < -0.39 is 0 Å². The van der Waals surface area contributed by atoms with Crippen molar-refractivity contribution in [2.24, 2.45) is 5.92 Å². The SMILES string of the molecule is O=C(C=Cc1ccc2c(c1)OCO2)NCC1CCN(C(=O)Oc2ccccc2)CC1. The van der Waals surface area contributed by atoms with Gasteiger partial charge in [-0.25, -0.2) is 4.79 Å². The molecule has 1 fully saturated rings. The number of benzene rings is 2. The lowest BCUT2D eigenvalue weighted by Gasteiger charge is -2.31. The molecule has 0 spiro atoms. The molecule has 2 amide bonds. The van der Waals surface area contributed by atoms with Crippen LogP contribution in [-0.2, 0) is 4.79 Å². The predicted molar refractivity (Wildman–Crippen MR) is 111 cm³/mol. The summed E-state index contributed by atoms with van der Waals surface area (Å²) in [6, 6.07) is 14.6. The molecule has 0 saturated carbocycles. The molecule has 0 bridgehead atoms. The van der Waals surface area contributed by atoms with E-state index in [0.29, 0.717) is 37.1 Å². The number of hydrogen-bond donors (Lipinski definition) is 1. The molecule has 0 aromatic heterocycles. The van der Waals surface area contributed by atoms with Crippen LogP contribution < -0.4 is 19.5 Å². The fraction of sp³-hybridized carbons (Fsp3) is 0.304. The van der Waals surface area contributed by atoms with Gasteiger partial charge in [0.05, 0.1) is 0 Å². The van der Waals surface area contributed by atoms with E-state index in [9.17, 15) is 9.59 Å². The Bertz CT molecular complexity index is 920. The second-order valence-electron chi connectivity index (χ2n) is 7.30. The molecule has 0 atom stereocenters. The molecule has 1 N–H and O–H groups in total. The molecule has 7 nitrogen and oxygen atoms in total. The lowest BCUT2D eigenvalue weighted by molar-refractivity contribution is -0.116. The Morgan fingerprint density at radius 2 is 1.83 bits per heavy atom. The van der Waals surface area contributed by atoms with E-state index in [2.05, 4.69) is 5.32 Å². The zero-order valence-electron chi connectivity index (χ0n) is 16.6. The van der Waals surface area contributed by atoms with E-state index in [-0.39, 0.29) is 18.8 Å². The van der Waals surface area contributed by atoms with Crippen molar-refractivity contribution in [1.29, 1.82) is 0 Å². The minimum Gasteiger partial charge on any atom is -0.454 e. The van der Waals surface area contributed by atoms with Crippen molar-refractivity contribution in [1.82, 2.24) is 10.2 Å². The normalized spacial score (nSPS) is 15.9. The van der Waals surface area contributed by atoms with Crippen molar-refractivity contribution in [3.63, 3.8) is 0 Å². The lowest BCUT2D eigenvalue weighted by atomic mass is 9.97. The van der Waals surface area contributed by atoms with Crippen molar-refractivity contribution in [3.05, 3.63) is 60.2 Å². The summed E-state index contributed by atoms with van der Waals surface area (Å²) < 4.78 is 16.0. The van der Waals surface area contributed by atoms with Gasteiger partial charge >= 0.3 is 6.09 Å². The summed E-state index contributed by atoms with van der Waals surface area (Å²) in [7, 11) is 0. The highest BCUT2D eigenvalue weighted by Gasteiger charge is 2.24.